The van der Waals surface area contributed by atoms with Crippen LogP contribution in [-0.4, -0.2) is 0 Å². The van der Waals surface area contributed by atoms with E-state index >= 15 is 0 Å². The van der Waals surface area contributed by atoms with Crippen LogP contribution in [0, 0.1) is 46.9 Å². The van der Waals surface area contributed by atoms with Crippen LogP contribution in [0.2, 0.25) is 0 Å². The first-order valence-corrected chi connectivity index (χ1v) is 11.1. The number of rotatable bonds is 2. The molecule has 1 saturated carbocycles. The van der Waals surface area contributed by atoms with Crippen molar-refractivity contribution in [1.82, 2.24) is 0 Å². The molecular formula is C27H21F7. The van der Waals surface area contributed by atoms with Gasteiger partial charge in [-0.25, -0.2) is 17.6 Å². The predicted octanol–water partition coefficient (Wildman–Crippen LogP) is 8.65. The molecule has 7 heteroatoms. The molecule has 3 aromatic carbocycles. The summed E-state index contributed by atoms with van der Waals surface area (Å²) in [6, 6.07) is 5.78. The van der Waals surface area contributed by atoms with E-state index in [1.54, 1.807) is 0 Å². The molecule has 3 aromatic rings. The molecule has 0 radical (unpaired) electrons. The Kier molecular flexibility index (Phi) is 6.62. The number of hydrogen-bond donors (Lipinski definition) is 0. The lowest BCUT2D eigenvalue weighted by atomic mass is 9.81. The first-order valence-electron chi connectivity index (χ1n) is 11.1. The molecule has 1 fully saturated rings. The predicted molar refractivity (Wildman–Crippen MR) is 117 cm³/mol. The van der Waals surface area contributed by atoms with Crippen LogP contribution in [-0.2, 0) is 6.18 Å². The lowest BCUT2D eigenvalue weighted by molar-refractivity contribution is -0.142. The van der Waals surface area contributed by atoms with Crippen molar-refractivity contribution in [1.29, 1.82) is 0 Å². The van der Waals surface area contributed by atoms with Crippen LogP contribution in [0.1, 0.15) is 50.2 Å². The lowest BCUT2D eigenvalue weighted by Gasteiger charge is -2.24. The standard InChI is InChI=1S/C27H21F7/c1-2-15-3-5-16(6-4-15)7-8-17-11-21(28)24(22(29)12-17)18-9-10-20-19(13-18)14-23(30)25(26(20)31)27(32,33)34/h9-16H,2-6H2,1H3. The van der Waals surface area contributed by atoms with E-state index in [1.165, 1.54) is 0 Å². The monoisotopic (exact) mass is 478 g/mol. The molecule has 0 saturated heterocycles. The van der Waals surface area contributed by atoms with Crippen LogP contribution in [0.3, 0.4) is 0 Å². The highest BCUT2D eigenvalue weighted by Gasteiger charge is 2.38. The Morgan fingerprint density at radius 2 is 1.50 bits per heavy atom. The zero-order chi connectivity index (χ0) is 24.6. The molecule has 4 rings (SSSR count). The third-order valence-corrected chi connectivity index (χ3v) is 6.49. The van der Waals surface area contributed by atoms with Crippen LogP contribution >= 0.6 is 0 Å². The van der Waals surface area contributed by atoms with E-state index in [4.69, 9.17) is 0 Å². The van der Waals surface area contributed by atoms with E-state index in [-0.39, 0.29) is 22.4 Å². The van der Waals surface area contributed by atoms with Crippen LogP contribution in [0.4, 0.5) is 30.7 Å². The average Bonchev–Trinajstić information content (AvgIpc) is 2.76. The second kappa shape index (κ2) is 9.32. The highest BCUT2D eigenvalue weighted by molar-refractivity contribution is 5.89. The van der Waals surface area contributed by atoms with Crippen LogP contribution in [0.5, 0.6) is 0 Å². The van der Waals surface area contributed by atoms with Gasteiger partial charge < -0.3 is 0 Å². The summed E-state index contributed by atoms with van der Waals surface area (Å²) in [6.45, 7) is 2.16. The molecular weight excluding hydrogens is 457 g/mol. The van der Waals surface area contributed by atoms with Gasteiger partial charge in [0.1, 0.15) is 28.8 Å². The van der Waals surface area contributed by atoms with E-state index in [0.717, 1.165) is 62.4 Å². The van der Waals surface area contributed by atoms with Gasteiger partial charge in [0.05, 0.1) is 5.56 Å². The van der Waals surface area contributed by atoms with Crippen molar-refractivity contribution in [3.05, 3.63) is 70.8 Å². The maximum absolute atomic E-state index is 14.8. The minimum absolute atomic E-state index is 0.0570. The van der Waals surface area contributed by atoms with Crippen molar-refractivity contribution in [2.24, 2.45) is 11.8 Å². The molecule has 34 heavy (non-hydrogen) atoms. The summed E-state index contributed by atoms with van der Waals surface area (Å²) in [5.74, 6) is 1.40. The Labute approximate surface area is 192 Å². The molecule has 1 aliphatic rings. The average molecular weight is 478 g/mol. The summed E-state index contributed by atoms with van der Waals surface area (Å²) in [5.41, 5.74) is -2.34. The second-order valence-corrected chi connectivity index (χ2v) is 8.69. The molecule has 178 valence electrons. The second-order valence-electron chi connectivity index (χ2n) is 8.69. The van der Waals surface area contributed by atoms with Crippen molar-refractivity contribution in [3.63, 3.8) is 0 Å². The van der Waals surface area contributed by atoms with Crippen LogP contribution < -0.4 is 0 Å². The minimum atomic E-state index is -5.22. The molecule has 0 spiro atoms. The summed E-state index contributed by atoms with van der Waals surface area (Å²) in [5, 5.41) is -0.746. The zero-order valence-corrected chi connectivity index (χ0v) is 18.3. The normalized spacial score (nSPS) is 18.6. The van der Waals surface area contributed by atoms with Crippen LogP contribution in [0.25, 0.3) is 21.9 Å². The van der Waals surface area contributed by atoms with E-state index in [0.29, 0.717) is 12.0 Å². The van der Waals surface area contributed by atoms with Crippen molar-refractivity contribution in [2.75, 3.05) is 0 Å². The topological polar surface area (TPSA) is 0 Å². The number of hydrogen-bond acceptors (Lipinski definition) is 0. The van der Waals surface area contributed by atoms with Gasteiger partial charge in [0.2, 0.25) is 0 Å². The van der Waals surface area contributed by atoms with Gasteiger partial charge >= 0.3 is 6.18 Å². The Morgan fingerprint density at radius 1 is 0.853 bits per heavy atom. The number of halogens is 7. The van der Waals surface area contributed by atoms with Gasteiger partial charge in [-0.2, -0.15) is 13.2 Å². The molecule has 0 heterocycles. The molecule has 0 bridgehead atoms. The summed E-state index contributed by atoms with van der Waals surface area (Å²) in [6.07, 6.45) is 0.000896. The van der Waals surface area contributed by atoms with E-state index in [1.807, 2.05) is 0 Å². The van der Waals surface area contributed by atoms with E-state index in [9.17, 15) is 30.7 Å². The highest BCUT2D eigenvalue weighted by atomic mass is 19.4. The maximum Gasteiger partial charge on any atom is 0.422 e. The SMILES string of the molecule is CCC1CCC(C#Cc2cc(F)c(-c3ccc4c(F)c(C(F)(F)F)c(F)cc4c3)c(F)c2)CC1. The number of fused-ring (bicyclic) bond motifs is 1. The van der Waals surface area contributed by atoms with E-state index < -0.39 is 46.0 Å². The van der Waals surface area contributed by atoms with Crippen molar-refractivity contribution in [2.45, 2.75) is 45.2 Å². The van der Waals surface area contributed by atoms with Crippen molar-refractivity contribution in [3.8, 4) is 23.0 Å². The lowest BCUT2D eigenvalue weighted by Crippen LogP contribution is -2.12. The number of benzene rings is 3. The molecule has 0 aliphatic heterocycles. The summed E-state index contributed by atoms with van der Waals surface area (Å²) in [4.78, 5) is 0. The van der Waals surface area contributed by atoms with Gasteiger partial charge in [0.15, 0.2) is 0 Å². The molecule has 0 nitrogen and oxygen atoms in total. The fourth-order valence-electron chi connectivity index (χ4n) is 4.57. The molecule has 0 aromatic heterocycles. The van der Waals surface area contributed by atoms with Gasteiger partial charge in [0, 0.05) is 16.9 Å². The Hall–Kier alpha value is -3.01. The van der Waals surface area contributed by atoms with Gasteiger partial charge in [-0.1, -0.05) is 37.3 Å². The zero-order valence-electron chi connectivity index (χ0n) is 18.3. The van der Waals surface area contributed by atoms with Crippen molar-refractivity contribution < 1.29 is 30.7 Å². The van der Waals surface area contributed by atoms with Gasteiger partial charge in [-0.15, -0.1) is 0 Å². The fraction of sp³-hybridized carbons (Fsp3) is 0.333. The largest absolute Gasteiger partial charge is 0.422 e. The summed E-state index contributed by atoms with van der Waals surface area (Å²) >= 11 is 0. The van der Waals surface area contributed by atoms with Gasteiger partial charge in [0.25, 0.3) is 0 Å². The molecule has 0 N–H and O–H groups in total. The fourth-order valence-corrected chi connectivity index (χ4v) is 4.57. The summed E-state index contributed by atoms with van der Waals surface area (Å²) < 4.78 is 96.8. The Morgan fingerprint density at radius 3 is 2.09 bits per heavy atom. The minimum Gasteiger partial charge on any atom is -0.206 e. The third kappa shape index (κ3) is 4.77. The Bertz CT molecular complexity index is 1260. The quantitative estimate of drug-likeness (QED) is 0.255. The third-order valence-electron chi connectivity index (χ3n) is 6.49. The molecule has 1 aliphatic carbocycles. The number of alkyl halides is 3. The first kappa shape index (κ1) is 24.1. The van der Waals surface area contributed by atoms with E-state index in [2.05, 4.69) is 18.8 Å². The van der Waals surface area contributed by atoms with Gasteiger partial charge in [-0.05, 0) is 66.8 Å². The first-order chi connectivity index (χ1) is 16.1. The molecule has 0 atom stereocenters. The maximum atomic E-state index is 14.8. The van der Waals surface area contributed by atoms with Gasteiger partial charge in [-0.3, -0.25) is 0 Å². The highest BCUT2D eigenvalue weighted by Crippen LogP contribution is 2.38. The Balaban J connectivity index is 1.66. The van der Waals surface area contributed by atoms with Crippen molar-refractivity contribution >= 4 is 10.8 Å². The molecule has 0 amide bonds. The molecule has 0 unspecified atom stereocenters. The van der Waals surface area contributed by atoms with Crippen LogP contribution in [0.15, 0.2) is 36.4 Å². The summed E-state index contributed by atoms with van der Waals surface area (Å²) in [7, 11) is 0. The smallest absolute Gasteiger partial charge is 0.206 e.